The molecule has 1 atom stereocenters. The molecule has 1 aliphatic rings. The Morgan fingerprint density at radius 1 is 1.08 bits per heavy atom. The first-order chi connectivity index (χ1) is 12.6. The lowest BCUT2D eigenvalue weighted by atomic mass is 9.96. The normalized spacial score (nSPS) is 15.9. The maximum absolute atomic E-state index is 12.4. The summed E-state index contributed by atoms with van der Waals surface area (Å²) in [5.41, 5.74) is 0.989. The van der Waals surface area contributed by atoms with E-state index in [2.05, 4.69) is 15.3 Å². The van der Waals surface area contributed by atoms with Gasteiger partial charge in [0.15, 0.2) is 0 Å². The molecule has 2 heterocycles. The summed E-state index contributed by atoms with van der Waals surface area (Å²) in [5, 5.41) is 2.91. The maximum Gasteiger partial charge on any atom is 0.314 e. The Balaban J connectivity index is 1.45. The highest BCUT2D eigenvalue weighted by Gasteiger charge is 2.20. The number of hydrogen-bond donors (Lipinski definition) is 3. The van der Waals surface area contributed by atoms with E-state index in [4.69, 9.17) is 4.74 Å². The standard InChI is InChI=1S/C19H17N3O4/c23-17(13-5-6-14-15(8-13)22-19(25)18(24)21-14)20-9-11-7-12-3-1-2-4-16(12)26-10-11/h1-6,8,11H,7,9-10H2,(H,20,23)(H,21,24)(H,22,25)/t11-/m0/s1. The number of ether oxygens (including phenoxy) is 1. The van der Waals surface area contributed by atoms with E-state index in [0.29, 0.717) is 29.7 Å². The number of aromatic amines is 2. The highest BCUT2D eigenvalue weighted by molar-refractivity contribution is 5.97. The predicted molar refractivity (Wildman–Crippen MR) is 96.7 cm³/mol. The summed E-state index contributed by atoms with van der Waals surface area (Å²) < 4.78 is 5.73. The summed E-state index contributed by atoms with van der Waals surface area (Å²) in [6.45, 7) is 1.05. The summed E-state index contributed by atoms with van der Waals surface area (Å²) in [7, 11) is 0. The third-order valence-electron chi connectivity index (χ3n) is 4.49. The molecule has 132 valence electrons. The molecule has 1 aliphatic heterocycles. The summed E-state index contributed by atoms with van der Waals surface area (Å²) in [6, 6.07) is 12.7. The van der Waals surface area contributed by atoms with Gasteiger partial charge < -0.3 is 20.0 Å². The number of fused-ring (bicyclic) bond motifs is 2. The quantitative estimate of drug-likeness (QED) is 0.617. The second-order valence-electron chi connectivity index (χ2n) is 6.37. The largest absolute Gasteiger partial charge is 0.493 e. The average Bonchev–Trinajstić information content (AvgIpc) is 2.66. The molecule has 3 aromatic rings. The van der Waals surface area contributed by atoms with Crippen molar-refractivity contribution in [3.63, 3.8) is 0 Å². The van der Waals surface area contributed by atoms with E-state index in [1.165, 1.54) is 0 Å². The third-order valence-corrected chi connectivity index (χ3v) is 4.49. The van der Waals surface area contributed by atoms with Crippen LogP contribution in [0.5, 0.6) is 5.75 Å². The molecule has 4 rings (SSSR count). The van der Waals surface area contributed by atoms with E-state index < -0.39 is 11.1 Å². The molecule has 1 aromatic heterocycles. The fourth-order valence-corrected chi connectivity index (χ4v) is 3.12. The molecule has 1 amide bonds. The van der Waals surface area contributed by atoms with E-state index in [1.807, 2.05) is 24.3 Å². The van der Waals surface area contributed by atoms with Crippen molar-refractivity contribution in [3.05, 3.63) is 74.3 Å². The van der Waals surface area contributed by atoms with Gasteiger partial charge in [0.2, 0.25) is 0 Å². The van der Waals surface area contributed by atoms with Crippen molar-refractivity contribution in [2.45, 2.75) is 6.42 Å². The Morgan fingerprint density at radius 3 is 2.69 bits per heavy atom. The van der Waals surface area contributed by atoms with Crippen molar-refractivity contribution in [1.82, 2.24) is 15.3 Å². The average molecular weight is 351 g/mol. The smallest absolute Gasteiger partial charge is 0.314 e. The van der Waals surface area contributed by atoms with Crippen LogP contribution >= 0.6 is 0 Å². The molecular weight excluding hydrogens is 334 g/mol. The van der Waals surface area contributed by atoms with E-state index >= 15 is 0 Å². The van der Waals surface area contributed by atoms with Gasteiger partial charge in [-0.05, 0) is 36.2 Å². The van der Waals surface area contributed by atoms with Crippen LogP contribution in [-0.2, 0) is 6.42 Å². The molecule has 0 fully saturated rings. The minimum absolute atomic E-state index is 0.200. The number of carbonyl (C=O) groups excluding carboxylic acids is 1. The van der Waals surface area contributed by atoms with Gasteiger partial charge in [-0.15, -0.1) is 0 Å². The zero-order chi connectivity index (χ0) is 18.1. The van der Waals surface area contributed by atoms with Crippen LogP contribution in [0.4, 0.5) is 0 Å². The lowest BCUT2D eigenvalue weighted by molar-refractivity contribution is 0.0939. The first-order valence-corrected chi connectivity index (χ1v) is 8.35. The molecule has 26 heavy (non-hydrogen) atoms. The molecule has 2 aromatic carbocycles. The number of amides is 1. The fraction of sp³-hybridized carbons (Fsp3) is 0.211. The van der Waals surface area contributed by atoms with Crippen molar-refractivity contribution in [2.75, 3.05) is 13.2 Å². The number of nitrogens with one attached hydrogen (secondary N) is 3. The molecule has 0 saturated heterocycles. The molecule has 0 spiro atoms. The zero-order valence-electron chi connectivity index (χ0n) is 13.9. The topological polar surface area (TPSA) is 104 Å². The lowest BCUT2D eigenvalue weighted by Crippen LogP contribution is -2.35. The Bertz CT molecular complexity index is 1100. The minimum atomic E-state index is -0.743. The number of H-pyrrole nitrogens is 2. The molecule has 0 saturated carbocycles. The number of hydrogen-bond acceptors (Lipinski definition) is 4. The molecule has 0 aliphatic carbocycles. The second-order valence-corrected chi connectivity index (χ2v) is 6.37. The molecule has 0 radical (unpaired) electrons. The van der Waals surface area contributed by atoms with Gasteiger partial charge in [0, 0.05) is 18.0 Å². The van der Waals surface area contributed by atoms with Gasteiger partial charge in [-0.25, -0.2) is 0 Å². The van der Waals surface area contributed by atoms with Crippen molar-refractivity contribution in [3.8, 4) is 5.75 Å². The SMILES string of the molecule is O=C(NC[C@H]1COc2ccccc2C1)c1ccc2[nH]c(=O)c(=O)[nH]c2c1. The highest BCUT2D eigenvalue weighted by Crippen LogP contribution is 2.26. The summed E-state index contributed by atoms with van der Waals surface area (Å²) in [5.74, 6) is 0.867. The van der Waals surface area contributed by atoms with E-state index in [0.717, 1.165) is 17.7 Å². The van der Waals surface area contributed by atoms with Crippen LogP contribution < -0.4 is 21.2 Å². The zero-order valence-corrected chi connectivity index (χ0v) is 13.9. The molecule has 7 nitrogen and oxygen atoms in total. The lowest BCUT2D eigenvalue weighted by Gasteiger charge is -2.25. The predicted octanol–water partition coefficient (Wildman–Crippen LogP) is 1.20. The van der Waals surface area contributed by atoms with E-state index in [9.17, 15) is 14.4 Å². The van der Waals surface area contributed by atoms with Gasteiger partial charge >= 0.3 is 11.1 Å². The van der Waals surface area contributed by atoms with Crippen LogP contribution in [0, 0.1) is 5.92 Å². The summed E-state index contributed by atoms with van der Waals surface area (Å²) in [4.78, 5) is 40.1. The van der Waals surface area contributed by atoms with E-state index in [1.54, 1.807) is 18.2 Å². The first kappa shape index (κ1) is 16.1. The van der Waals surface area contributed by atoms with Gasteiger partial charge in [0.05, 0.1) is 17.6 Å². The van der Waals surface area contributed by atoms with Gasteiger partial charge in [0.1, 0.15) is 5.75 Å². The van der Waals surface area contributed by atoms with Crippen molar-refractivity contribution >= 4 is 16.9 Å². The maximum atomic E-state index is 12.4. The van der Waals surface area contributed by atoms with Gasteiger partial charge in [-0.2, -0.15) is 0 Å². The van der Waals surface area contributed by atoms with E-state index in [-0.39, 0.29) is 11.8 Å². The molecule has 0 bridgehead atoms. The molecule has 7 heteroatoms. The second kappa shape index (κ2) is 6.51. The first-order valence-electron chi connectivity index (χ1n) is 8.35. The van der Waals surface area contributed by atoms with Crippen LogP contribution in [0.3, 0.4) is 0 Å². The van der Waals surface area contributed by atoms with Crippen LogP contribution in [0.25, 0.3) is 11.0 Å². The number of carbonyl (C=O) groups is 1. The Hall–Kier alpha value is -3.35. The monoisotopic (exact) mass is 351 g/mol. The van der Waals surface area contributed by atoms with Crippen LogP contribution in [0.15, 0.2) is 52.1 Å². The minimum Gasteiger partial charge on any atom is -0.493 e. The van der Waals surface area contributed by atoms with Crippen LogP contribution in [0.2, 0.25) is 0 Å². The number of aromatic nitrogens is 2. The number of benzene rings is 2. The Morgan fingerprint density at radius 2 is 1.85 bits per heavy atom. The molecule has 0 unspecified atom stereocenters. The Kier molecular flexibility index (Phi) is 4.04. The van der Waals surface area contributed by atoms with Crippen molar-refractivity contribution in [2.24, 2.45) is 5.92 Å². The third kappa shape index (κ3) is 3.11. The number of para-hydroxylation sites is 1. The van der Waals surface area contributed by atoms with Crippen molar-refractivity contribution in [1.29, 1.82) is 0 Å². The Labute approximate surface area is 148 Å². The van der Waals surface area contributed by atoms with Crippen molar-refractivity contribution < 1.29 is 9.53 Å². The summed E-state index contributed by atoms with van der Waals surface area (Å²) in [6.07, 6.45) is 0.850. The highest BCUT2D eigenvalue weighted by atomic mass is 16.5. The van der Waals surface area contributed by atoms with Gasteiger partial charge in [-0.1, -0.05) is 18.2 Å². The molecular formula is C19H17N3O4. The van der Waals surface area contributed by atoms with Gasteiger partial charge in [-0.3, -0.25) is 14.4 Å². The van der Waals surface area contributed by atoms with Crippen LogP contribution in [-0.4, -0.2) is 29.0 Å². The van der Waals surface area contributed by atoms with Crippen LogP contribution in [0.1, 0.15) is 15.9 Å². The molecule has 3 N–H and O–H groups in total. The summed E-state index contributed by atoms with van der Waals surface area (Å²) >= 11 is 0. The fourth-order valence-electron chi connectivity index (χ4n) is 3.12. The number of rotatable bonds is 3. The van der Waals surface area contributed by atoms with Gasteiger partial charge in [0.25, 0.3) is 5.91 Å².